The van der Waals surface area contributed by atoms with Crippen LogP contribution in [0.1, 0.15) is 80.1 Å². The molecular formula is C21H35NO. The smallest absolute Gasteiger partial charge is 0.126 e. The lowest BCUT2D eigenvalue weighted by atomic mass is 9.65. The molecule has 2 saturated heterocycles. The van der Waals surface area contributed by atoms with Crippen molar-refractivity contribution in [3.63, 3.8) is 0 Å². The molecule has 1 aliphatic carbocycles. The normalized spacial score (nSPS) is 42.1. The lowest BCUT2D eigenvalue weighted by molar-refractivity contribution is -0.135. The fraction of sp³-hybridized carbons (Fsp3) is 0.905. The highest BCUT2D eigenvalue weighted by Crippen LogP contribution is 2.52. The van der Waals surface area contributed by atoms with E-state index >= 15 is 0 Å². The van der Waals surface area contributed by atoms with Gasteiger partial charge in [0.1, 0.15) is 5.60 Å². The minimum absolute atomic E-state index is 0.0244. The Balaban J connectivity index is 1.64. The number of fused-ring (bicyclic) bond motifs is 2. The average Bonchev–Trinajstić information content (AvgIpc) is 2.56. The topological polar surface area (TPSA) is 12.5 Å². The fourth-order valence-electron chi connectivity index (χ4n) is 5.74. The van der Waals surface area contributed by atoms with Crippen LogP contribution in [-0.2, 0) is 4.74 Å². The van der Waals surface area contributed by atoms with Crippen molar-refractivity contribution >= 4 is 0 Å². The van der Waals surface area contributed by atoms with Crippen LogP contribution in [0.4, 0.5) is 0 Å². The minimum atomic E-state index is -0.250. The van der Waals surface area contributed by atoms with Gasteiger partial charge in [-0.3, -0.25) is 4.90 Å². The van der Waals surface area contributed by atoms with E-state index in [2.05, 4.69) is 58.3 Å². The first kappa shape index (κ1) is 17.3. The van der Waals surface area contributed by atoms with Crippen molar-refractivity contribution in [2.75, 3.05) is 13.1 Å². The molecule has 2 bridgehead atoms. The van der Waals surface area contributed by atoms with Crippen molar-refractivity contribution < 1.29 is 4.74 Å². The first-order valence-electron chi connectivity index (χ1n) is 9.44. The zero-order valence-corrected chi connectivity index (χ0v) is 16.1. The molecule has 2 heteroatoms. The van der Waals surface area contributed by atoms with E-state index in [0.717, 1.165) is 25.4 Å². The zero-order valence-electron chi connectivity index (χ0n) is 16.1. The summed E-state index contributed by atoms with van der Waals surface area (Å²) in [5.74, 6) is 6.96. The molecule has 0 unspecified atom stereocenters. The molecule has 0 amide bonds. The third kappa shape index (κ3) is 3.94. The van der Waals surface area contributed by atoms with Crippen LogP contribution in [0.25, 0.3) is 0 Å². The summed E-state index contributed by atoms with van der Waals surface area (Å²) in [7, 11) is 0. The molecule has 0 spiro atoms. The van der Waals surface area contributed by atoms with Gasteiger partial charge in [0, 0.05) is 12.6 Å². The van der Waals surface area contributed by atoms with Gasteiger partial charge in [-0.25, -0.2) is 0 Å². The Morgan fingerprint density at radius 3 is 2.48 bits per heavy atom. The fourth-order valence-corrected chi connectivity index (χ4v) is 5.74. The van der Waals surface area contributed by atoms with Gasteiger partial charge >= 0.3 is 0 Å². The molecular weight excluding hydrogens is 282 g/mol. The van der Waals surface area contributed by atoms with E-state index in [9.17, 15) is 0 Å². The van der Waals surface area contributed by atoms with E-state index in [-0.39, 0.29) is 11.2 Å². The van der Waals surface area contributed by atoms with E-state index in [0.29, 0.717) is 10.8 Å². The predicted molar refractivity (Wildman–Crippen MR) is 96.3 cm³/mol. The van der Waals surface area contributed by atoms with E-state index < -0.39 is 0 Å². The molecule has 0 aromatic heterocycles. The van der Waals surface area contributed by atoms with Crippen LogP contribution in [0.2, 0.25) is 0 Å². The molecule has 0 N–H and O–H groups in total. The lowest BCUT2D eigenvalue weighted by Gasteiger charge is -2.40. The van der Waals surface area contributed by atoms with Crippen molar-refractivity contribution in [1.82, 2.24) is 4.90 Å². The Hall–Kier alpha value is -0.520. The molecule has 130 valence electrons. The number of hydrogen-bond acceptors (Lipinski definition) is 2. The summed E-state index contributed by atoms with van der Waals surface area (Å²) >= 11 is 0. The molecule has 2 heterocycles. The van der Waals surface area contributed by atoms with Crippen molar-refractivity contribution in [3.05, 3.63) is 0 Å². The number of rotatable bonds is 1. The van der Waals surface area contributed by atoms with Gasteiger partial charge in [0.25, 0.3) is 0 Å². The molecule has 3 aliphatic rings. The highest BCUT2D eigenvalue weighted by atomic mass is 16.5. The molecule has 2 nitrogen and oxygen atoms in total. The number of ether oxygens (including phenoxy) is 1. The van der Waals surface area contributed by atoms with E-state index in [4.69, 9.17) is 4.74 Å². The van der Waals surface area contributed by atoms with Gasteiger partial charge in [-0.15, -0.1) is 0 Å². The van der Waals surface area contributed by atoms with Gasteiger partial charge in [-0.05, 0) is 70.1 Å². The second-order valence-corrected chi connectivity index (χ2v) is 10.4. The second kappa shape index (κ2) is 5.50. The van der Waals surface area contributed by atoms with Gasteiger partial charge in [0.15, 0.2) is 0 Å². The van der Waals surface area contributed by atoms with Crippen molar-refractivity contribution in [2.45, 2.75) is 97.3 Å². The maximum absolute atomic E-state index is 6.27. The van der Waals surface area contributed by atoms with Crippen LogP contribution < -0.4 is 0 Å². The quantitative estimate of drug-likeness (QED) is 0.654. The van der Waals surface area contributed by atoms with Gasteiger partial charge < -0.3 is 4.74 Å². The Morgan fingerprint density at radius 1 is 1.04 bits per heavy atom. The Labute approximate surface area is 143 Å². The van der Waals surface area contributed by atoms with Crippen LogP contribution in [0.5, 0.6) is 0 Å². The maximum Gasteiger partial charge on any atom is 0.126 e. The standard InChI is InChI=1S/C21H35NO/c1-18(2)13-17-14-20(5,15-18)16-22(17)12-8-11-21(6)10-7-9-19(3,4)23-21/h17H,7,9-10,12-16H2,1-6H3/t17-,20+,21-/m1/s1. The largest absolute Gasteiger partial charge is 0.357 e. The van der Waals surface area contributed by atoms with Crippen molar-refractivity contribution in [2.24, 2.45) is 10.8 Å². The maximum atomic E-state index is 6.27. The van der Waals surface area contributed by atoms with Gasteiger partial charge in [0.05, 0.1) is 12.1 Å². The molecule has 23 heavy (non-hydrogen) atoms. The Kier molecular flexibility index (Phi) is 4.14. The summed E-state index contributed by atoms with van der Waals surface area (Å²) in [6.07, 6.45) is 7.47. The van der Waals surface area contributed by atoms with Crippen LogP contribution >= 0.6 is 0 Å². The summed E-state index contributed by atoms with van der Waals surface area (Å²) in [5.41, 5.74) is 0.715. The first-order valence-corrected chi connectivity index (χ1v) is 9.44. The highest BCUT2D eigenvalue weighted by molar-refractivity contribution is 5.17. The van der Waals surface area contributed by atoms with E-state index in [1.54, 1.807) is 0 Å². The van der Waals surface area contributed by atoms with E-state index in [1.807, 2.05) is 0 Å². The molecule has 0 aromatic rings. The first-order chi connectivity index (χ1) is 10.5. The molecule has 3 fully saturated rings. The predicted octanol–water partition coefficient (Wildman–Crippen LogP) is 4.63. The third-order valence-corrected chi connectivity index (χ3v) is 6.09. The Bertz CT molecular complexity index is 526. The molecule has 0 aromatic carbocycles. The van der Waals surface area contributed by atoms with Crippen LogP contribution in [0, 0.1) is 22.7 Å². The Morgan fingerprint density at radius 2 is 1.78 bits per heavy atom. The van der Waals surface area contributed by atoms with Gasteiger partial charge in [-0.1, -0.05) is 32.6 Å². The second-order valence-electron chi connectivity index (χ2n) is 10.4. The summed E-state index contributed by atoms with van der Waals surface area (Å²) in [6.45, 7) is 16.0. The third-order valence-electron chi connectivity index (χ3n) is 6.09. The molecule has 3 atom stereocenters. The molecule has 1 saturated carbocycles. The minimum Gasteiger partial charge on any atom is -0.357 e. The van der Waals surface area contributed by atoms with Crippen molar-refractivity contribution in [1.29, 1.82) is 0 Å². The van der Waals surface area contributed by atoms with Crippen LogP contribution in [-0.4, -0.2) is 35.2 Å². The summed E-state index contributed by atoms with van der Waals surface area (Å²) in [6, 6.07) is 0.731. The summed E-state index contributed by atoms with van der Waals surface area (Å²) in [4.78, 5) is 2.64. The molecule has 2 aliphatic heterocycles. The van der Waals surface area contributed by atoms with Gasteiger partial charge in [0.2, 0.25) is 0 Å². The summed E-state index contributed by atoms with van der Waals surface area (Å²) < 4.78 is 6.27. The SMILES string of the molecule is CC1(C)C[C@@H]2C[C@](C)(CN2CC#C[C@@]2(C)CCCC(C)(C)O2)C1. The molecule has 3 rings (SSSR count). The van der Waals surface area contributed by atoms with E-state index in [1.165, 1.54) is 32.2 Å². The highest BCUT2D eigenvalue weighted by Gasteiger charge is 2.49. The lowest BCUT2D eigenvalue weighted by Crippen LogP contribution is -2.42. The number of hydrogen-bond donors (Lipinski definition) is 0. The molecule has 0 radical (unpaired) electrons. The van der Waals surface area contributed by atoms with Crippen molar-refractivity contribution in [3.8, 4) is 11.8 Å². The number of nitrogens with zero attached hydrogens (tertiary/aromatic N) is 1. The monoisotopic (exact) mass is 317 g/mol. The van der Waals surface area contributed by atoms with Crippen LogP contribution in [0.15, 0.2) is 0 Å². The average molecular weight is 318 g/mol. The van der Waals surface area contributed by atoms with Gasteiger partial charge in [-0.2, -0.15) is 0 Å². The number of likely N-dealkylation sites (tertiary alicyclic amines) is 1. The summed E-state index contributed by atoms with van der Waals surface area (Å²) in [5, 5.41) is 0. The van der Waals surface area contributed by atoms with Crippen LogP contribution in [0.3, 0.4) is 0 Å². The zero-order chi connectivity index (χ0) is 16.9.